The lowest BCUT2D eigenvalue weighted by Crippen LogP contribution is -2.47. The van der Waals surface area contributed by atoms with Gasteiger partial charge in [0.1, 0.15) is 5.75 Å². The quantitative estimate of drug-likeness (QED) is 0.541. The Labute approximate surface area is 193 Å². The molecule has 1 aromatic heterocycles. The Hall–Kier alpha value is -2.91. The van der Waals surface area contributed by atoms with Crippen molar-refractivity contribution in [1.29, 1.82) is 0 Å². The van der Waals surface area contributed by atoms with Gasteiger partial charge in [-0.25, -0.2) is 0 Å². The zero-order valence-corrected chi connectivity index (χ0v) is 18.7. The second kappa shape index (κ2) is 9.93. The molecular formula is C25H29N3O5. The van der Waals surface area contributed by atoms with Crippen molar-refractivity contribution in [3.8, 4) is 17.2 Å². The first-order chi connectivity index (χ1) is 16.2. The van der Waals surface area contributed by atoms with E-state index in [9.17, 15) is 5.11 Å². The number of morpholine rings is 1. The maximum Gasteiger partial charge on any atom is 0.231 e. The normalized spacial score (nSPS) is 19.0. The van der Waals surface area contributed by atoms with Crippen molar-refractivity contribution < 1.29 is 24.1 Å². The van der Waals surface area contributed by atoms with Crippen molar-refractivity contribution in [2.45, 2.75) is 18.8 Å². The lowest BCUT2D eigenvalue weighted by atomic mass is 10.0. The van der Waals surface area contributed by atoms with Gasteiger partial charge in [-0.3, -0.25) is 9.88 Å². The molecule has 2 atom stereocenters. The lowest BCUT2D eigenvalue weighted by molar-refractivity contribution is -0.0394. The predicted octanol–water partition coefficient (Wildman–Crippen LogP) is 2.50. The summed E-state index contributed by atoms with van der Waals surface area (Å²) in [4.78, 5) is 6.67. The van der Waals surface area contributed by atoms with Crippen molar-refractivity contribution in [1.82, 2.24) is 15.2 Å². The first-order valence-corrected chi connectivity index (χ1v) is 11.2. The standard InChI is InChI=1S/C25H29N3O5/c1-30-18-3-4-22-21(11-18)20(6-7-27-22)23(29)15-28-8-9-31-19(14-28)13-26-12-17-2-5-24-25(10-17)33-16-32-24/h2-7,10-11,19,23,26,29H,8-9,12-16H2,1H3. The van der Waals surface area contributed by atoms with E-state index < -0.39 is 6.10 Å². The highest BCUT2D eigenvalue weighted by molar-refractivity contribution is 5.83. The molecule has 3 aromatic rings. The topological polar surface area (TPSA) is 85.3 Å². The van der Waals surface area contributed by atoms with Crippen LogP contribution < -0.4 is 19.5 Å². The SMILES string of the molecule is COc1ccc2nccc(C(O)CN3CCOC(CNCc4ccc5c(c4)OCO5)C3)c2c1. The van der Waals surface area contributed by atoms with E-state index in [1.807, 2.05) is 42.5 Å². The summed E-state index contributed by atoms with van der Waals surface area (Å²) in [5, 5.41) is 15.4. The van der Waals surface area contributed by atoms with Crippen molar-refractivity contribution in [3.63, 3.8) is 0 Å². The van der Waals surface area contributed by atoms with Crippen LogP contribution in [0.25, 0.3) is 10.9 Å². The van der Waals surface area contributed by atoms with Crippen LogP contribution >= 0.6 is 0 Å². The first-order valence-electron chi connectivity index (χ1n) is 11.2. The van der Waals surface area contributed by atoms with Crippen LogP contribution in [0.5, 0.6) is 17.2 Å². The smallest absolute Gasteiger partial charge is 0.231 e. The van der Waals surface area contributed by atoms with Crippen LogP contribution in [0.1, 0.15) is 17.2 Å². The predicted molar refractivity (Wildman–Crippen MR) is 124 cm³/mol. The van der Waals surface area contributed by atoms with Gasteiger partial charge in [0.15, 0.2) is 11.5 Å². The number of fused-ring (bicyclic) bond motifs is 2. The molecule has 0 amide bonds. The van der Waals surface area contributed by atoms with E-state index in [2.05, 4.69) is 15.2 Å². The molecular weight excluding hydrogens is 422 g/mol. The van der Waals surface area contributed by atoms with Crippen LogP contribution in [0.2, 0.25) is 0 Å². The second-order valence-electron chi connectivity index (χ2n) is 8.37. The summed E-state index contributed by atoms with van der Waals surface area (Å²) in [7, 11) is 1.64. The van der Waals surface area contributed by atoms with Gasteiger partial charge in [0.05, 0.1) is 31.4 Å². The van der Waals surface area contributed by atoms with Gasteiger partial charge < -0.3 is 29.4 Å². The van der Waals surface area contributed by atoms with Crippen LogP contribution in [0, 0.1) is 0 Å². The van der Waals surface area contributed by atoms with E-state index in [-0.39, 0.29) is 12.9 Å². The summed E-state index contributed by atoms with van der Waals surface area (Å²) in [6.07, 6.45) is 1.19. The number of methoxy groups -OCH3 is 1. The molecule has 8 nitrogen and oxygen atoms in total. The third-order valence-corrected chi connectivity index (χ3v) is 6.13. The Bertz CT molecular complexity index is 1110. The maximum absolute atomic E-state index is 11.0. The second-order valence-corrected chi connectivity index (χ2v) is 8.37. The van der Waals surface area contributed by atoms with Crippen molar-refractivity contribution >= 4 is 10.9 Å². The Kier molecular flexibility index (Phi) is 6.59. The van der Waals surface area contributed by atoms with Crippen LogP contribution in [-0.2, 0) is 11.3 Å². The highest BCUT2D eigenvalue weighted by Gasteiger charge is 2.24. The highest BCUT2D eigenvalue weighted by atomic mass is 16.7. The van der Waals surface area contributed by atoms with Crippen LogP contribution in [0.3, 0.4) is 0 Å². The Morgan fingerprint density at radius 3 is 3.00 bits per heavy atom. The van der Waals surface area contributed by atoms with Crippen LogP contribution in [0.4, 0.5) is 0 Å². The molecule has 5 rings (SSSR count). The van der Waals surface area contributed by atoms with Gasteiger partial charge in [0, 0.05) is 44.3 Å². The molecule has 0 saturated carbocycles. The molecule has 2 aliphatic rings. The minimum absolute atomic E-state index is 0.0641. The molecule has 33 heavy (non-hydrogen) atoms. The van der Waals surface area contributed by atoms with Crippen molar-refractivity contribution in [2.75, 3.05) is 46.7 Å². The van der Waals surface area contributed by atoms with E-state index in [1.165, 1.54) is 0 Å². The molecule has 174 valence electrons. The number of pyridine rings is 1. The fourth-order valence-electron chi connectivity index (χ4n) is 4.41. The Balaban J connectivity index is 1.16. The van der Waals surface area contributed by atoms with E-state index >= 15 is 0 Å². The summed E-state index contributed by atoms with van der Waals surface area (Å²) in [6.45, 7) is 4.49. The number of hydrogen-bond donors (Lipinski definition) is 2. The highest BCUT2D eigenvalue weighted by Crippen LogP contribution is 2.32. The number of nitrogens with one attached hydrogen (secondary N) is 1. The molecule has 0 bridgehead atoms. The van der Waals surface area contributed by atoms with Crippen LogP contribution in [0.15, 0.2) is 48.7 Å². The fraction of sp³-hybridized carbons (Fsp3) is 0.400. The third-order valence-electron chi connectivity index (χ3n) is 6.13. The number of ether oxygens (including phenoxy) is 4. The molecule has 1 fully saturated rings. The number of aliphatic hydroxyl groups is 1. The van der Waals surface area contributed by atoms with Crippen molar-refractivity contribution in [3.05, 3.63) is 59.8 Å². The lowest BCUT2D eigenvalue weighted by Gasteiger charge is -2.34. The summed E-state index contributed by atoms with van der Waals surface area (Å²) in [5.41, 5.74) is 2.85. The number of hydrogen-bond acceptors (Lipinski definition) is 8. The third kappa shape index (κ3) is 5.04. The molecule has 2 aliphatic heterocycles. The molecule has 2 N–H and O–H groups in total. The van der Waals surface area contributed by atoms with Gasteiger partial charge in [0.2, 0.25) is 6.79 Å². The maximum atomic E-state index is 11.0. The molecule has 0 spiro atoms. The van der Waals surface area contributed by atoms with Crippen LogP contribution in [-0.4, -0.2) is 67.8 Å². The monoisotopic (exact) mass is 451 g/mol. The van der Waals surface area contributed by atoms with E-state index in [1.54, 1.807) is 13.3 Å². The van der Waals surface area contributed by atoms with Crippen molar-refractivity contribution in [2.24, 2.45) is 0 Å². The minimum atomic E-state index is -0.622. The molecule has 0 aliphatic carbocycles. The molecule has 2 unspecified atom stereocenters. The summed E-state index contributed by atoms with van der Waals surface area (Å²) in [5.74, 6) is 2.34. The van der Waals surface area contributed by atoms with Gasteiger partial charge in [-0.15, -0.1) is 0 Å². The van der Waals surface area contributed by atoms with Gasteiger partial charge in [-0.05, 0) is 47.5 Å². The largest absolute Gasteiger partial charge is 0.497 e. The van der Waals surface area contributed by atoms with Gasteiger partial charge >= 0.3 is 0 Å². The first kappa shape index (κ1) is 21.9. The van der Waals surface area contributed by atoms with Gasteiger partial charge in [-0.2, -0.15) is 0 Å². The summed E-state index contributed by atoms with van der Waals surface area (Å²) < 4.78 is 22.1. The number of aliphatic hydroxyl groups excluding tert-OH is 1. The molecule has 0 radical (unpaired) electrons. The molecule has 8 heteroatoms. The number of nitrogens with zero attached hydrogens (tertiary/aromatic N) is 2. The number of aromatic nitrogens is 1. The zero-order chi connectivity index (χ0) is 22.6. The van der Waals surface area contributed by atoms with E-state index in [0.29, 0.717) is 13.2 Å². The van der Waals surface area contributed by atoms with Gasteiger partial charge in [0.25, 0.3) is 0 Å². The Morgan fingerprint density at radius 2 is 2.09 bits per heavy atom. The van der Waals surface area contributed by atoms with Gasteiger partial charge in [-0.1, -0.05) is 6.07 Å². The number of β-amino-alcohol motifs (C(OH)–C–C–N with tert-alkyl or cyclic N) is 1. The molecule has 2 aromatic carbocycles. The summed E-state index contributed by atoms with van der Waals surface area (Å²) in [6, 6.07) is 13.6. The van der Waals surface area contributed by atoms with E-state index in [0.717, 1.165) is 65.5 Å². The average Bonchev–Trinajstić information content (AvgIpc) is 3.31. The Morgan fingerprint density at radius 1 is 1.18 bits per heavy atom. The zero-order valence-electron chi connectivity index (χ0n) is 18.7. The fourth-order valence-corrected chi connectivity index (χ4v) is 4.41. The average molecular weight is 452 g/mol. The number of rotatable bonds is 8. The minimum Gasteiger partial charge on any atom is -0.497 e. The number of benzene rings is 2. The molecule has 3 heterocycles. The summed E-state index contributed by atoms with van der Waals surface area (Å²) >= 11 is 0. The molecule has 1 saturated heterocycles. The van der Waals surface area contributed by atoms with E-state index in [4.69, 9.17) is 18.9 Å².